The third kappa shape index (κ3) is 7.48. The van der Waals surface area contributed by atoms with E-state index in [9.17, 15) is 35.9 Å². The summed E-state index contributed by atoms with van der Waals surface area (Å²) in [5.74, 6) is -0.0473. The lowest BCUT2D eigenvalue weighted by atomic mass is 10.0. The number of amides is 2. The summed E-state index contributed by atoms with van der Waals surface area (Å²) in [6.07, 6.45) is -16.4. The van der Waals surface area contributed by atoms with Gasteiger partial charge in [0.05, 0.1) is 0 Å². The van der Waals surface area contributed by atoms with Crippen molar-refractivity contribution in [2.45, 2.75) is 57.9 Å². The number of rotatable bonds is 6. The van der Waals surface area contributed by atoms with Crippen LogP contribution in [-0.2, 0) is 22.6 Å². The number of likely N-dealkylation sites (tertiary alicyclic amines) is 1. The fourth-order valence-electron chi connectivity index (χ4n) is 4.53. The molecule has 0 spiro atoms. The molecule has 1 aromatic carbocycles. The number of piperazine rings is 1. The Hall–Kier alpha value is -2.54. The molecule has 0 aromatic heterocycles. The predicted molar refractivity (Wildman–Crippen MR) is 118 cm³/mol. The predicted octanol–water partition coefficient (Wildman–Crippen LogP) is 3.45. The fraction of sp³-hybridized carbons (Fsp3) is 0.652. The zero-order valence-electron chi connectivity index (χ0n) is 20.1. The molecule has 0 saturated carbocycles. The highest BCUT2D eigenvalue weighted by Crippen LogP contribution is 2.36. The van der Waals surface area contributed by atoms with E-state index in [2.05, 4.69) is 15.0 Å². The Labute approximate surface area is 205 Å². The molecule has 0 unspecified atom stereocenters. The molecule has 1 aromatic rings. The summed E-state index contributed by atoms with van der Waals surface area (Å²) in [6, 6.07) is 6.09. The molecule has 2 aliphatic heterocycles. The van der Waals surface area contributed by atoms with Crippen LogP contribution in [0.3, 0.4) is 0 Å². The Balaban J connectivity index is 1.53. The summed E-state index contributed by atoms with van der Waals surface area (Å²) in [4.78, 5) is 28.4. The minimum Gasteiger partial charge on any atom is -0.426 e. The standard InChI is InChI=1S/C23H30F6N4O3/c1-15-17(4-3-5-18(15)13-32-7-6-19(14-32)30-16(2)34)12-31-8-10-33(11-9-31)21(35)36-20(22(24,25)26)23(27,28)29/h3-5,19-20H,6-14H2,1-2H3,(H,30,34)/t19-/m1/s1. The van der Waals surface area contributed by atoms with Crippen LogP contribution in [0.15, 0.2) is 18.2 Å². The quantitative estimate of drug-likeness (QED) is 0.578. The number of nitrogens with one attached hydrogen (secondary N) is 1. The van der Waals surface area contributed by atoms with Crippen LogP contribution in [0, 0.1) is 6.92 Å². The van der Waals surface area contributed by atoms with Crippen molar-refractivity contribution in [1.82, 2.24) is 20.0 Å². The summed E-state index contributed by atoms with van der Waals surface area (Å²) >= 11 is 0. The first-order valence-corrected chi connectivity index (χ1v) is 11.6. The molecule has 0 bridgehead atoms. The summed E-state index contributed by atoms with van der Waals surface area (Å²) in [5.41, 5.74) is 3.29. The Morgan fingerprint density at radius 1 is 0.972 bits per heavy atom. The zero-order valence-corrected chi connectivity index (χ0v) is 20.1. The van der Waals surface area contributed by atoms with Crippen LogP contribution in [0.25, 0.3) is 0 Å². The van der Waals surface area contributed by atoms with Crippen LogP contribution >= 0.6 is 0 Å². The van der Waals surface area contributed by atoms with E-state index in [4.69, 9.17) is 0 Å². The second kappa shape index (κ2) is 11.2. The third-order valence-electron chi connectivity index (χ3n) is 6.47. The lowest BCUT2D eigenvalue weighted by Crippen LogP contribution is -2.52. The average molecular weight is 525 g/mol. The molecule has 2 aliphatic rings. The molecular formula is C23H30F6N4O3. The SMILES string of the molecule is CC(=O)N[C@@H]1CCN(Cc2cccc(CN3CCN(C(=O)OC(C(F)(F)F)C(F)(F)F)CC3)c2C)C1. The third-order valence-corrected chi connectivity index (χ3v) is 6.47. The van der Waals surface area contributed by atoms with Crippen molar-refractivity contribution in [2.75, 3.05) is 39.3 Å². The van der Waals surface area contributed by atoms with E-state index >= 15 is 0 Å². The van der Waals surface area contributed by atoms with Crippen LogP contribution in [0.4, 0.5) is 31.1 Å². The topological polar surface area (TPSA) is 65.1 Å². The molecule has 1 N–H and O–H groups in total. The van der Waals surface area contributed by atoms with Gasteiger partial charge in [-0.25, -0.2) is 4.79 Å². The van der Waals surface area contributed by atoms with Gasteiger partial charge < -0.3 is 15.0 Å². The number of alkyl halides is 6. The normalized spacial score (nSPS) is 20.1. The van der Waals surface area contributed by atoms with E-state index in [0.717, 1.165) is 47.6 Å². The highest BCUT2D eigenvalue weighted by molar-refractivity contribution is 5.73. The first kappa shape index (κ1) is 28.0. The summed E-state index contributed by atoms with van der Waals surface area (Å²) < 4.78 is 79.8. The lowest BCUT2D eigenvalue weighted by molar-refractivity contribution is -0.308. The molecule has 0 radical (unpaired) electrons. The Bertz CT molecular complexity index is 917. The van der Waals surface area contributed by atoms with Gasteiger partial charge in [-0.1, -0.05) is 18.2 Å². The zero-order chi connectivity index (χ0) is 26.7. The van der Waals surface area contributed by atoms with Gasteiger partial charge >= 0.3 is 18.4 Å². The molecule has 2 heterocycles. The van der Waals surface area contributed by atoms with E-state index in [0.29, 0.717) is 6.54 Å². The molecule has 1 atom stereocenters. The maximum Gasteiger partial charge on any atom is 0.434 e. The fourth-order valence-corrected chi connectivity index (χ4v) is 4.53. The monoisotopic (exact) mass is 524 g/mol. The summed E-state index contributed by atoms with van der Waals surface area (Å²) in [5, 5.41) is 2.94. The van der Waals surface area contributed by atoms with Gasteiger partial charge in [-0.15, -0.1) is 0 Å². The van der Waals surface area contributed by atoms with Crippen molar-refractivity contribution >= 4 is 12.0 Å². The van der Waals surface area contributed by atoms with Crippen molar-refractivity contribution in [1.29, 1.82) is 0 Å². The first-order valence-electron chi connectivity index (χ1n) is 11.6. The van der Waals surface area contributed by atoms with E-state index in [-0.39, 0.29) is 38.1 Å². The molecule has 7 nitrogen and oxygen atoms in total. The molecule has 3 rings (SSSR count). The minimum absolute atomic E-state index is 0.0433. The lowest BCUT2D eigenvalue weighted by Gasteiger charge is -2.35. The van der Waals surface area contributed by atoms with E-state index in [1.54, 1.807) is 0 Å². The Morgan fingerprint density at radius 2 is 1.53 bits per heavy atom. The molecule has 2 amide bonds. The molecule has 2 saturated heterocycles. The summed E-state index contributed by atoms with van der Waals surface area (Å²) in [7, 11) is 0. The molecule has 36 heavy (non-hydrogen) atoms. The largest absolute Gasteiger partial charge is 0.434 e. The van der Waals surface area contributed by atoms with E-state index in [1.807, 2.05) is 30.0 Å². The van der Waals surface area contributed by atoms with Gasteiger partial charge in [0.25, 0.3) is 6.10 Å². The highest BCUT2D eigenvalue weighted by Gasteiger charge is 2.60. The number of benzene rings is 1. The maximum atomic E-state index is 12.7. The smallest absolute Gasteiger partial charge is 0.426 e. The van der Waals surface area contributed by atoms with Gasteiger partial charge in [-0.3, -0.25) is 14.6 Å². The highest BCUT2D eigenvalue weighted by atomic mass is 19.4. The molecule has 2 fully saturated rings. The van der Waals surface area contributed by atoms with Crippen LogP contribution < -0.4 is 5.32 Å². The molecule has 202 valence electrons. The van der Waals surface area contributed by atoms with Crippen LogP contribution in [0.1, 0.15) is 30.0 Å². The average Bonchev–Trinajstić information content (AvgIpc) is 3.19. The van der Waals surface area contributed by atoms with E-state index < -0.39 is 24.5 Å². The van der Waals surface area contributed by atoms with Gasteiger partial charge in [0, 0.05) is 65.3 Å². The van der Waals surface area contributed by atoms with Gasteiger partial charge in [-0.05, 0) is 30.0 Å². The number of carbonyl (C=O) groups excluding carboxylic acids is 2. The number of carbonyl (C=O) groups is 2. The van der Waals surface area contributed by atoms with Crippen LogP contribution in [0.2, 0.25) is 0 Å². The number of ether oxygens (including phenoxy) is 1. The van der Waals surface area contributed by atoms with Crippen molar-refractivity contribution in [3.63, 3.8) is 0 Å². The van der Waals surface area contributed by atoms with Gasteiger partial charge in [0.2, 0.25) is 5.91 Å². The number of hydrogen-bond donors (Lipinski definition) is 1. The van der Waals surface area contributed by atoms with Crippen molar-refractivity contribution in [3.05, 3.63) is 34.9 Å². The van der Waals surface area contributed by atoms with Crippen molar-refractivity contribution < 1.29 is 40.7 Å². The number of hydrogen-bond acceptors (Lipinski definition) is 5. The van der Waals surface area contributed by atoms with Crippen LogP contribution in [-0.4, -0.2) is 90.5 Å². The maximum absolute atomic E-state index is 12.7. The van der Waals surface area contributed by atoms with Crippen molar-refractivity contribution in [3.8, 4) is 0 Å². The Kier molecular flexibility index (Phi) is 8.75. The molecule has 13 heteroatoms. The van der Waals surface area contributed by atoms with Crippen molar-refractivity contribution in [2.24, 2.45) is 0 Å². The molecular weight excluding hydrogens is 494 g/mol. The van der Waals surface area contributed by atoms with Crippen LogP contribution in [0.5, 0.6) is 0 Å². The van der Waals surface area contributed by atoms with E-state index in [1.165, 1.54) is 6.92 Å². The van der Waals surface area contributed by atoms with Gasteiger partial charge in [0.1, 0.15) is 0 Å². The number of halogens is 6. The van der Waals surface area contributed by atoms with Gasteiger partial charge in [-0.2, -0.15) is 26.3 Å². The first-order chi connectivity index (χ1) is 16.7. The molecule has 0 aliphatic carbocycles. The van der Waals surface area contributed by atoms with Gasteiger partial charge in [0.15, 0.2) is 0 Å². The number of nitrogens with zero attached hydrogens (tertiary/aromatic N) is 3. The Morgan fingerprint density at radius 3 is 2.06 bits per heavy atom. The second-order valence-electron chi connectivity index (χ2n) is 9.23. The minimum atomic E-state index is -5.74. The second-order valence-corrected chi connectivity index (χ2v) is 9.23. The summed E-state index contributed by atoms with van der Waals surface area (Å²) in [6.45, 7) is 6.89.